The topological polar surface area (TPSA) is 45.6 Å². The summed E-state index contributed by atoms with van der Waals surface area (Å²) in [7, 11) is 0. The van der Waals surface area contributed by atoms with Gasteiger partial charge >= 0.3 is 0 Å². The van der Waals surface area contributed by atoms with Crippen molar-refractivity contribution >= 4 is 18.3 Å². The lowest BCUT2D eigenvalue weighted by atomic mass is 10.3. The van der Waals surface area contributed by atoms with Crippen LogP contribution in [0.2, 0.25) is 0 Å². The van der Waals surface area contributed by atoms with Crippen LogP contribution in [0.15, 0.2) is 60.0 Å². The van der Waals surface area contributed by atoms with E-state index in [0.29, 0.717) is 6.41 Å². The first-order chi connectivity index (χ1) is 8.40. The average Bonchev–Trinajstić information content (AvgIpc) is 2.42. The molecule has 1 aromatic carbocycles. The van der Waals surface area contributed by atoms with Crippen LogP contribution in [-0.2, 0) is 4.79 Å². The van der Waals surface area contributed by atoms with E-state index >= 15 is 0 Å². The summed E-state index contributed by atoms with van der Waals surface area (Å²) in [6.45, 7) is 0. The van der Waals surface area contributed by atoms with Crippen LogP contribution in [0.1, 0.15) is 5.56 Å². The molecule has 0 saturated carbocycles. The molecule has 4 nitrogen and oxygen atoms in total. The van der Waals surface area contributed by atoms with Crippen LogP contribution in [0.4, 0.5) is 5.69 Å². The third-order valence-electron chi connectivity index (χ3n) is 2.14. The van der Waals surface area contributed by atoms with Gasteiger partial charge in [0.05, 0.1) is 11.9 Å². The molecule has 1 aromatic heterocycles. The summed E-state index contributed by atoms with van der Waals surface area (Å²) in [4.78, 5) is 14.9. The number of para-hydroxylation sites is 1. The van der Waals surface area contributed by atoms with Crippen molar-refractivity contribution in [3.05, 3.63) is 60.4 Å². The molecule has 0 aliphatic carbocycles. The van der Waals surface area contributed by atoms with E-state index in [1.54, 1.807) is 18.6 Å². The highest BCUT2D eigenvalue weighted by Crippen LogP contribution is 2.11. The lowest BCUT2D eigenvalue weighted by Crippen LogP contribution is -2.13. The maximum atomic E-state index is 10.9. The van der Waals surface area contributed by atoms with Gasteiger partial charge in [-0.25, -0.2) is 5.01 Å². The second-order valence-electron chi connectivity index (χ2n) is 3.32. The molecule has 0 aliphatic rings. The Morgan fingerprint density at radius 3 is 2.59 bits per heavy atom. The van der Waals surface area contributed by atoms with Gasteiger partial charge in [-0.1, -0.05) is 24.3 Å². The normalized spacial score (nSPS) is 10.4. The highest BCUT2D eigenvalue weighted by atomic mass is 16.1. The second-order valence-corrected chi connectivity index (χ2v) is 3.32. The standard InChI is InChI=1S/C13H11N3O/c17-11-16(13-6-2-1-3-7-13)15-10-12-5-4-8-14-9-12/h1-11H. The van der Waals surface area contributed by atoms with E-state index in [9.17, 15) is 4.79 Å². The largest absolute Gasteiger partial charge is 0.276 e. The minimum atomic E-state index is 0.669. The number of rotatable bonds is 4. The van der Waals surface area contributed by atoms with Gasteiger partial charge in [-0.2, -0.15) is 5.10 Å². The van der Waals surface area contributed by atoms with E-state index in [1.807, 2.05) is 42.5 Å². The van der Waals surface area contributed by atoms with Gasteiger partial charge < -0.3 is 0 Å². The van der Waals surface area contributed by atoms with Crippen molar-refractivity contribution in [2.24, 2.45) is 5.10 Å². The first-order valence-corrected chi connectivity index (χ1v) is 5.14. The Morgan fingerprint density at radius 1 is 1.12 bits per heavy atom. The molecule has 2 aromatic rings. The molecule has 4 heteroatoms. The van der Waals surface area contributed by atoms with Crippen LogP contribution in [0.25, 0.3) is 0 Å². The fraction of sp³-hybridized carbons (Fsp3) is 0. The summed E-state index contributed by atoms with van der Waals surface area (Å²) < 4.78 is 0. The molecule has 0 bridgehead atoms. The zero-order chi connectivity index (χ0) is 11.9. The molecule has 0 radical (unpaired) electrons. The van der Waals surface area contributed by atoms with E-state index in [0.717, 1.165) is 11.3 Å². The van der Waals surface area contributed by atoms with Gasteiger partial charge in [0.1, 0.15) is 0 Å². The molecule has 0 aliphatic heterocycles. The molecule has 1 heterocycles. The quantitative estimate of drug-likeness (QED) is 0.454. The maximum Gasteiger partial charge on any atom is 0.234 e. The molecule has 0 N–H and O–H groups in total. The fourth-order valence-corrected chi connectivity index (χ4v) is 1.32. The highest BCUT2D eigenvalue weighted by molar-refractivity contribution is 5.83. The molecule has 0 spiro atoms. The predicted octanol–water partition coefficient (Wildman–Crippen LogP) is 2.08. The number of pyridine rings is 1. The second kappa shape index (κ2) is 5.55. The Labute approximate surface area is 99.2 Å². The minimum absolute atomic E-state index is 0.669. The van der Waals surface area contributed by atoms with Crippen LogP contribution in [0, 0.1) is 0 Å². The smallest absolute Gasteiger partial charge is 0.234 e. The molecule has 84 valence electrons. The van der Waals surface area contributed by atoms with Crippen LogP contribution in [-0.4, -0.2) is 17.6 Å². The molecule has 0 saturated heterocycles. The number of nitrogens with zero attached hydrogens (tertiary/aromatic N) is 3. The lowest BCUT2D eigenvalue weighted by Gasteiger charge is -2.09. The third-order valence-corrected chi connectivity index (χ3v) is 2.14. The number of hydrogen-bond donors (Lipinski definition) is 0. The third kappa shape index (κ3) is 2.98. The number of carbonyl (C=O) groups excluding carboxylic acids is 1. The van der Waals surface area contributed by atoms with Crippen LogP contribution >= 0.6 is 0 Å². The van der Waals surface area contributed by atoms with Crippen LogP contribution < -0.4 is 5.01 Å². The van der Waals surface area contributed by atoms with Gasteiger partial charge in [0.25, 0.3) is 0 Å². The summed E-state index contributed by atoms with van der Waals surface area (Å²) in [5, 5.41) is 5.35. The highest BCUT2D eigenvalue weighted by Gasteiger charge is 2.00. The van der Waals surface area contributed by atoms with E-state index in [-0.39, 0.29) is 0 Å². The van der Waals surface area contributed by atoms with Gasteiger partial charge in [0, 0.05) is 18.0 Å². The molecule has 1 amide bonds. The Balaban J connectivity index is 2.16. The zero-order valence-corrected chi connectivity index (χ0v) is 9.10. The number of aromatic nitrogens is 1. The first kappa shape index (κ1) is 11.0. The number of carbonyl (C=O) groups is 1. The molecular formula is C13H11N3O. The van der Waals surface area contributed by atoms with Crippen molar-refractivity contribution in [3.8, 4) is 0 Å². The molecule has 2 rings (SSSR count). The Bertz CT molecular complexity index is 497. The SMILES string of the molecule is O=CN(N=Cc1cccnc1)c1ccccc1. The van der Waals surface area contributed by atoms with Gasteiger partial charge in [-0.05, 0) is 18.2 Å². The summed E-state index contributed by atoms with van der Waals surface area (Å²) in [5.74, 6) is 0. The zero-order valence-electron chi connectivity index (χ0n) is 9.10. The van der Waals surface area contributed by atoms with E-state index in [4.69, 9.17) is 0 Å². The molecule has 0 unspecified atom stereocenters. The number of hydrogen-bond acceptors (Lipinski definition) is 3. The number of benzene rings is 1. The number of amides is 1. The summed E-state index contributed by atoms with van der Waals surface area (Å²) in [5.41, 5.74) is 1.57. The maximum absolute atomic E-state index is 10.9. The number of hydrazone groups is 1. The Morgan fingerprint density at radius 2 is 1.94 bits per heavy atom. The van der Waals surface area contributed by atoms with Gasteiger partial charge in [-0.15, -0.1) is 0 Å². The first-order valence-electron chi connectivity index (χ1n) is 5.14. The van der Waals surface area contributed by atoms with Crippen LogP contribution in [0.3, 0.4) is 0 Å². The molecule has 17 heavy (non-hydrogen) atoms. The monoisotopic (exact) mass is 225 g/mol. The fourth-order valence-electron chi connectivity index (χ4n) is 1.32. The summed E-state index contributed by atoms with van der Waals surface area (Å²) >= 11 is 0. The van der Waals surface area contributed by atoms with Gasteiger partial charge in [0.2, 0.25) is 6.41 Å². The molecule has 0 atom stereocenters. The predicted molar refractivity (Wildman–Crippen MR) is 66.8 cm³/mol. The van der Waals surface area contributed by atoms with Crippen molar-refractivity contribution in [2.45, 2.75) is 0 Å². The van der Waals surface area contributed by atoms with E-state index in [1.165, 1.54) is 5.01 Å². The van der Waals surface area contributed by atoms with E-state index < -0.39 is 0 Å². The Kier molecular flexibility index (Phi) is 3.60. The minimum Gasteiger partial charge on any atom is -0.276 e. The summed E-state index contributed by atoms with van der Waals surface area (Å²) in [6.07, 6.45) is 5.63. The molecule has 0 fully saturated rings. The average molecular weight is 225 g/mol. The van der Waals surface area contributed by atoms with Crippen molar-refractivity contribution in [3.63, 3.8) is 0 Å². The van der Waals surface area contributed by atoms with Crippen molar-refractivity contribution < 1.29 is 4.79 Å². The lowest BCUT2D eigenvalue weighted by molar-refractivity contribution is -0.107. The molecular weight excluding hydrogens is 214 g/mol. The van der Waals surface area contributed by atoms with Crippen LogP contribution in [0.5, 0.6) is 0 Å². The van der Waals surface area contributed by atoms with Crippen molar-refractivity contribution in [2.75, 3.05) is 5.01 Å². The summed E-state index contributed by atoms with van der Waals surface area (Å²) in [6, 6.07) is 12.9. The van der Waals surface area contributed by atoms with Crippen molar-refractivity contribution in [1.29, 1.82) is 0 Å². The number of anilines is 1. The van der Waals surface area contributed by atoms with Gasteiger partial charge in [0.15, 0.2) is 0 Å². The Hall–Kier alpha value is -2.49. The van der Waals surface area contributed by atoms with Crippen molar-refractivity contribution in [1.82, 2.24) is 4.98 Å². The van der Waals surface area contributed by atoms with E-state index in [2.05, 4.69) is 10.1 Å². The van der Waals surface area contributed by atoms with Gasteiger partial charge in [-0.3, -0.25) is 9.78 Å².